The van der Waals surface area contributed by atoms with E-state index >= 15 is 0 Å². The molecule has 8 heteroatoms. The molecule has 8 nitrogen and oxygen atoms in total. The van der Waals surface area contributed by atoms with Crippen LogP contribution >= 0.6 is 0 Å². The Balaban J connectivity index is 1.10. The average molecular weight is 471 g/mol. The predicted molar refractivity (Wildman–Crippen MR) is 128 cm³/mol. The number of aromatic nitrogens is 1. The van der Waals surface area contributed by atoms with E-state index in [1.54, 1.807) is 6.07 Å². The summed E-state index contributed by atoms with van der Waals surface area (Å²) in [5.41, 5.74) is 3.46. The zero-order valence-corrected chi connectivity index (χ0v) is 19.4. The van der Waals surface area contributed by atoms with E-state index in [0.717, 1.165) is 47.5 Å². The number of likely N-dealkylation sites (tertiary alicyclic amines) is 1. The van der Waals surface area contributed by atoms with E-state index in [9.17, 15) is 14.4 Å². The number of hydrazine groups is 1. The molecule has 1 atom stereocenters. The maximum atomic E-state index is 13.0. The molecule has 0 saturated carbocycles. The largest absolute Gasteiger partial charge is 0.489 e. The first-order chi connectivity index (χ1) is 17.0. The number of ether oxygens (including phenoxy) is 1. The van der Waals surface area contributed by atoms with Crippen LogP contribution in [0, 0.1) is 0 Å². The molecule has 3 aliphatic heterocycles. The number of carbonyl (C=O) groups is 3. The molecule has 0 unspecified atom stereocenters. The Labute approximate surface area is 203 Å². The molecule has 178 valence electrons. The van der Waals surface area contributed by atoms with Crippen LogP contribution in [0.5, 0.6) is 5.75 Å². The molecule has 0 aliphatic carbocycles. The molecule has 35 heavy (non-hydrogen) atoms. The third kappa shape index (κ3) is 4.14. The number of rotatable bonds is 5. The van der Waals surface area contributed by atoms with Crippen molar-refractivity contribution in [3.63, 3.8) is 0 Å². The molecule has 0 N–H and O–H groups in total. The normalized spacial score (nSPS) is 20.7. The zero-order chi connectivity index (χ0) is 23.9. The number of amides is 3. The van der Waals surface area contributed by atoms with Crippen LogP contribution in [0.4, 0.5) is 0 Å². The van der Waals surface area contributed by atoms with Gasteiger partial charge in [0.05, 0.1) is 17.6 Å². The predicted octanol–water partition coefficient (Wildman–Crippen LogP) is 3.30. The molecule has 2 fully saturated rings. The molecule has 2 saturated heterocycles. The SMILES string of the molecule is O=C1c2cc(O[C@@H]3CCN(Cc4cnc5ccccc5c4)C3)ccc2CN1N1C(=O)CCCC1=O. The van der Waals surface area contributed by atoms with Gasteiger partial charge in [0.2, 0.25) is 11.8 Å². The number of benzene rings is 2. The summed E-state index contributed by atoms with van der Waals surface area (Å²) < 4.78 is 6.23. The highest BCUT2D eigenvalue weighted by atomic mass is 16.5. The first-order valence-electron chi connectivity index (χ1n) is 12.1. The Hall–Kier alpha value is -3.78. The van der Waals surface area contributed by atoms with Crippen molar-refractivity contribution in [2.24, 2.45) is 0 Å². The number of carbonyl (C=O) groups excluding carboxylic acids is 3. The first-order valence-corrected chi connectivity index (χ1v) is 12.1. The Morgan fingerprint density at radius 3 is 2.69 bits per heavy atom. The molecule has 2 aromatic carbocycles. The van der Waals surface area contributed by atoms with Gasteiger partial charge in [-0.3, -0.25) is 24.3 Å². The minimum absolute atomic E-state index is 0.0272. The lowest BCUT2D eigenvalue weighted by molar-refractivity contribution is -0.163. The molecule has 0 spiro atoms. The lowest BCUT2D eigenvalue weighted by atomic mass is 10.1. The smallest absolute Gasteiger partial charge is 0.273 e. The summed E-state index contributed by atoms with van der Waals surface area (Å²) in [7, 11) is 0. The van der Waals surface area contributed by atoms with Gasteiger partial charge >= 0.3 is 0 Å². The van der Waals surface area contributed by atoms with Gasteiger partial charge in [0.1, 0.15) is 11.9 Å². The van der Waals surface area contributed by atoms with Gasteiger partial charge < -0.3 is 4.74 Å². The molecular weight excluding hydrogens is 444 g/mol. The van der Waals surface area contributed by atoms with Crippen molar-refractivity contribution < 1.29 is 19.1 Å². The van der Waals surface area contributed by atoms with E-state index in [1.165, 1.54) is 10.6 Å². The van der Waals surface area contributed by atoms with Gasteiger partial charge in [0.25, 0.3) is 5.91 Å². The highest BCUT2D eigenvalue weighted by Gasteiger charge is 2.39. The summed E-state index contributed by atoms with van der Waals surface area (Å²) >= 11 is 0. The highest BCUT2D eigenvalue weighted by molar-refractivity contribution is 6.04. The van der Waals surface area contributed by atoms with Crippen LogP contribution in [-0.4, -0.2) is 56.8 Å². The fraction of sp³-hybridized carbons (Fsp3) is 0.333. The van der Waals surface area contributed by atoms with Crippen LogP contribution in [0.3, 0.4) is 0 Å². The molecular formula is C27H26N4O4. The molecule has 4 heterocycles. The van der Waals surface area contributed by atoms with Gasteiger partial charge in [0.15, 0.2) is 0 Å². The molecule has 6 rings (SSSR count). The summed E-state index contributed by atoms with van der Waals surface area (Å²) in [6.45, 7) is 2.76. The summed E-state index contributed by atoms with van der Waals surface area (Å²) in [4.78, 5) is 44.5. The maximum Gasteiger partial charge on any atom is 0.273 e. The van der Waals surface area contributed by atoms with E-state index in [2.05, 4.69) is 22.0 Å². The van der Waals surface area contributed by atoms with Gasteiger partial charge in [-0.1, -0.05) is 24.3 Å². The Bertz CT molecular complexity index is 1320. The maximum absolute atomic E-state index is 13.0. The molecule has 0 radical (unpaired) electrons. The fourth-order valence-corrected chi connectivity index (χ4v) is 5.20. The monoisotopic (exact) mass is 470 g/mol. The summed E-state index contributed by atoms with van der Waals surface area (Å²) in [6, 6.07) is 15.8. The van der Waals surface area contributed by atoms with Gasteiger partial charge in [-0.05, 0) is 48.2 Å². The molecule has 0 bridgehead atoms. The third-order valence-corrected chi connectivity index (χ3v) is 6.95. The molecule has 3 aromatic rings. The average Bonchev–Trinajstić information content (AvgIpc) is 3.43. The summed E-state index contributed by atoms with van der Waals surface area (Å²) in [5, 5.41) is 3.44. The minimum Gasteiger partial charge on any atom is -0.489 e. The van der Waals surface area contributed by atoms with Crippen LogP contribution in [0.15, 0.2) is 54.7 Å². The second kappa shape index (κ2) is 8.78. The van der Waals surface area contributed by atoms with Crippen molar-refractivity contribution in [3.05, 3.63) is 71.4 Å². The van der Waals surface area contributed by atoms with E-state index < -0.39 is 0 Å². The zero-order valence-electron chi connectivity index (χ0n) is 19.4. The second-order valence-corrected chi connectivity index (χ2v) is 9.43. The van der Waals surface area contributed by atoms with E-state index in [4.69, 9.17) is 4.74 Å². The van der Waals surface area contributed by atoms with Crippen molar-refractivity contribution in [2.45, 2.75) is 44.9 Å². The molecule has 1 aromatic heterocycles. The van der Waals surface area contributed by atoms with Crippen LogP contribution in [-0.2, 0) is 22.7 Å². The quantitative estimate of drug-likeness (QED) is 0.532. The lowest BCUT2D eigenvalue weighted by Gasteiger charge is -2.32. The van der Waals surface area contributed by atoms with Crippen molar-refractivity contribution in [1.29, 1.82) is 0 Å². The van der Waals surface area contributed by atoms with Gasteiger partial charge in [-0.2, -0.15) is 5.01 Å². The number of hydrogen-bond acceptors (Lipinski definition) is 6. The van der Waals surface area contributed by atoms with Gasteiger partial charge in [-0.25, -0.2) is 5.01 Å². The van der Waals surface area contributed by atoms with Crippen molar-refractivity contribution in [1.82, 2.24) is 19.9 Å². The second-order valence-electron chi connectivity index (χ2n) is 9.43. The first kappa shape index (κ1) is 21.7. The van der Waals surface area contributed by atoms with Crippen molar-refractivity contribution in [3.8, 4) is 5.75 Å². The number of fused-ring (bicyclic) bond motifs is 2. The van der Waals surface area contributed by atoms with Crippen LogP contribution in [0.1, 0.15) is 47.2 Å². The number of imide groups is 1. The number of piperidine rings is 1. The van der Waals surface area contributed by atoms with E-state index in [1.807, 2.05) is 36.5 Å². The van der Waals surface area contributed by atoms with Crippen LogP contribution in [0.2, 0.25) is 0 Å². The van der Waals surface area contributed by atoms with Crippen LogP contribution < -0.4 is 4.74 Å². The topological polar surface area (TPSA) is 83.1 Å². The van der Waals surface area contributed by atoms with Crippen molar-refractivity contribution >= 4 is 28.6 Å². The molecule has 3 aliphatic rings. The standard InChI is InChI=1S/C27H26N4O4/c32-25-6-3-7-26(33)31(25)30-16-20-8-9-21(13-23(20)27(30)34)35-22-10-11-29(17-22)15-18-12-19-4-1-2-5-24(19)28-14-18/h1-2,4-5,8-9,12-14,22H,3,6-7,10-11,15-17H2/t22-/m1/s1. The minimum atomic E-state index is -0.328. The lowest BCUT2D eigenvalue weighted by Crippen LogP contribution is -2.51. The number of para-hydroxylation sites is 1. The number of hydrogen-bond donors (Lipinski definition) is 0. The highest BCUT2D eigenvalue weighted by Crippen LogP contribution is 2.31. The van der Waals surface area contributed by atoms with Crippen molar-refractivity contribution in [2.75, 3.05) is 13.1 Å². The Morgan fingerprint density at radius 2 is 1.83 bits per heavy atom. The third-order valence-electron chi connectivity index (χ3n) is 6.95. The summed E-state index contributed by atoms with van der Waals surface area (Å²) in [6.07, 6.45) is 3.97. The summed E-state index contributed by atoms with van der Waals surface area (Å²) in [5.74, 6) is -0.321. The Kier molecular flexibility index (Phi) is 5.45. The number of pyridine rings is 1. The Morgan fingerprint density at radius 1 is 1.00 bits per heavy atom. The van der Waals surface area contributed by atoms with E-state index in [-0.39, 0.29) is 43.2 Å². The number of nitrogens with zero attached hydrogens (tertiary/aromatic N) is 4. The molecule has 3 amide bonds. The fourth-order valence-electron chi connectivity index (χ4n) is 5.20. The van der Waals surface area contributed by atoms with Gasteiger partial charge in [0, 0.05) is 44.1 Å². The van der Waals surface area contributed by atoms with Gasteiger partial charge in [-0.15, -0.1) is 0 Å². The van der Waals surface area contributed by atoms with Crippen LogP contribution in [0.25, 0.3) is 10.9 Å². The van der Waals surface area contributed by atoms with E-state index in [0.29, 0.717) is 17.7 Å².